The monoisotopic (exact) mass is 340 g/mol. The van der Waals surface area contributed by atoms with Gasteiger partial charge < -0.3 is 15.2 Å². The van der Waals surface area contributed by atoms with Crippen molar-refractivity contribution in [1.29, 1.82) is 0 Å². The van der Waals surface area contributed by atoms with Crippen molar-refractivity contribution in [3.05, 3.63) is 71.1 Å². The van der Waals surface area contributed by atoms with Crippen molar-refractivity contribution in [3.8, 4) is 17.0 Å². The molecule has 0 spiro atoms. The number of rotatable bonds is 6. The van der Waals surface area contributed by atoms with Gasteiger partial charge in [0.2, 0.25) is 0 Å². The molecule has 1 amide bonds. The van der Waals surface area contributed by atoms with Gasteiger partial charge in [-0.05, 0) is 47.4 Å². The summed E-state index contributed by atoms with van der Waals surface area (Å²) in [7, 11) is 0. The van der Waals surface area contributed by atoms with Crippen molar-refractivity contribution in [2.24, 2.45) is 5.73 Å². The van der Waals surface area contributed by atoms with Crippen LogP contribution in [0.3, 0.4) is 0 Å². The zero-order valence-electron chi connectivity index (χ0n) is 12.8. The van der Waals surface area contributed by atoms with Crippen molar-refractivity contribution in [3.63, 3.8) is 0 Å². The fourth-order valence-corrected chi connectivity index (χ4v) is 2.77. The Morgan fingerprint density at radius 1 is 1.04 bits per heavy atom. The van der Waals surface area contributed by atoms with E-state index in [2.05, 4.69) is 4.37 Å². The minimum Gasteiger partial charge on any atom is -0.489 e. The van der Waals surface area contributed by atoms with Gasteiger partial charge in [-0.1, -0.05) is 30.3 Å². The fraction of sp³-hybridized carbons (Fsp3) is 0.111. The number of carbonyl (C=O) groups excluding carboxylic acids is 1. The molecule has 2 aromatic carbocycles. The molecule has 1 aromatic heterocycles. The maximum Gasteiger partial charge on any atom is 0.404 e. The fourth-order valence-electron chi connectivity index (χ4n) is 2.12. The normalized spacial score (nSPS) is 10.3. The Balaban J connectivity index is 1.61. The van der Waals surface area contributed by atoms with E-state index in [0.29, 0.717) is 6.61 Å². The Morgan fingerprint density at radius 3 is 2.50 bits per heavy atom. The van der Waals surface area contributed by atoms with Crippen molar-refractivity contribution in [1.82, 2.24) is 4.37 Å². The third-order valence-corrected chi connectivity index (χ3v) is 4.07. The van der Waals surface area contributed by atoms with E-state index in [1.54, 1.807) is 0 Å². The Kier molecular flexibility index (Phi) is 5.08. The molecule has 0 radical (unpaired) electrons. The molecule has 3 aromatic rings. The van der Waals surface area contributed by atoms with E-state index < -0.39 is 6.09 Å². The van der Waals surface area contributed by atoms with Crippen molar-refractivity contribution in [2.75, 3.05) is 0 Å². The Morgan fingerprint density at radius 2 is 1.79 bits per heavy atom. The number of hydrogen-bond donors (Lipinski definition) is 1. The van der Waals surface area contributed by atoms with Crippen molar-refractivity contribution in [2.45, 2.75) is 13.2 Å². The van der Waals surface area contributed by atoms with Gasteiger partial charge in [0.05, 0.1) is 10.6 Å². The largest absolute Gasteiger partial charge is 0.489 e. The van der Waals surface area contributed by atoms with Crippen LogP contribution in [0.1, 0.15) is 10.4 Å². The van der Waals surface area contributed by atoms with Crippen LogP contribution in [0.4, 0.5) is 4.79 Å². The van der Waals surface area contributed by atoms with Crippen molar-refractivity contribution < 1.29 is 14.3 Å². The molecule has 0 saturated heterocycles. The zero-order chi connectivity index (χ0) is 16.8. The summed E-state index contributed by atoms with van der Waals surface area (Å²) >= 11 is 1.28. The second kappa shape index (κ2) is 7.61. The Hall–Kier alpha value is -2.86. The second-order valence-electron chi connectivity index (χ2n) is 5.08. The molecule has 24 heavy (non-hydrogen) atoms. The van der Waals surface area contributed by atoms with Crippen LogP contribution in [0.15, 0.2) is 60.7 Å². The number of nitrogens with zero attached hydrogens (tertiary/aromatic N) is 1. The summed E-state index contributed by atoms with van der Waals surface area (Å²) in [5, 5.41) is 0. The summed E-state index contributed by atoms with van der Waals surface area (Å²) in [5.74, 6) is 0.801. The van der Waals surface area contributed by atoms with E-state index in [4.69, 9.17) is 15.2 Å². The van der Waals surface area contributed by atoms with E-state index in [9.17, 15) is 4.79 Å². The molecule has 5 nitrogen and oxygen atoms in total. The molecule has 3 rings (SSSR count). The first-order chi connectivity index (χ1) is 11.7. The molecule has 1 heterocycles. The van der Waals surface area contributed by atoms with Gasteiger partial charge in [-0.15, -0.1) is 0 Å². The molecule has 0 unspecified atom stereocenters. The van der Waals surface area contributed by atoms with Gasteiger partial charge in [0.1, 0.15) is 19.0 Å². The Bertz CT molecular complexity index is 801. The highest BCUT2D eigenvalue weighted by atomic mass is 32.1. The van der Waals surface area contributed by atoms with E-state index >= 15 is 0 Å². The first-order valence-corrected chi connectivity index (χ1v) is 8.13. The van der Waals surface area contributed by atoms with Gasteiger partial charge in [0, 0.05) is 5.56 Å². The number of nitrogens with two attached hydrogens (primary N) is 1. The molecule has 0 aliphatic rings. The smallest absolute Gasteiger partial charge is 0.404 e. The molecule has 0 bridgehead atoms. The molecule has 0 aliphatic heterocycles. The van der Waals surface area contributed by atoms with Crippen LogP contribution >= 0.6 is 11.5 Å². The lowest BCUT2D eigenvalue weighted by Gasteiger charge is -2.06. The molecule has 0 aliphatic carbocycles. The summed E-state index contributed by atoms with van der Waals surface area (Å²) in [6.45, 7) is 0.677. The summed E-state index contributed by atoms with van der Waals surface area (Å²) in [6, 6.07) is 19.6. The van der Waals surface area contributed by atoms with Gasteiger partial charge in [-0.25, -0.2) is 4.79 Å². The highest BCUT2D eigenvalue weighted by Crippen LogP contribution is 2.25. The van der Waals surface area contributed by atoms with Crippen LogP contribution in [0.2, 0.25) is 0 Å². The number of benzene rings is 2. The number of hydrogen-bond acceptors (Lipinski definition) is 5. The van der Waals surface area contributed by atoms with E-state index in [0.717, 1.165) is 27.4 Å². The van der Waals surface area contributed by atoms with E-state index in [1.165, 1.54) is 11.5 Å². The summed E-state index contributed by atoms with van der Waals surface area (Å²) in [5.41, 5.74) is 7.89. The zero-order valence-corrected chi connectivity index (χ0v) is 13.7. The average Bonchev–Trinajstić information content (AvgIpc) is 3.08. The molecular weight excluding hydrogens is 324 g/mol. The lowest BCUT2D eigenvalue weighted by molar-refractivity contribution is 0.151. The second-order valence-corrected chi connectivity index (χ2v) is 5.97. The van der Waals surface area contributed by atoms with Crippen LogP contribution < -0.4 is 10.5 Å². The molecule has 2 N–H and O–H groups in total. The van der Waals surface area contributed by atoms with Crippen molar-refractivity contribution >= 4 is 17.6 Å². The number of amides is 1. The third kappa shape index (κ3) is 4.33. The summed E-state index contributed by atoms with van der Waals surface area (Å²) in [4.78, 5) is 11.5. The maximum atomic E-state index is 10.6. The highest BCUT2D eigenvalue weighted by Gasteiger charge is 2.06. The topological polar surface area (TPSA) is 74.4 Å². The predicted molar refractivity (Wildman–Crippen MR) is 92.7 cm³/mol. The SMILES string of the molecule is NC(=O)OCc1cc(-c2ccc(OCc3ccccc3)cc2)ns1. The van der Waals surface area contributed by atoms with Gasteiger partial charge in [-0.2, -0.15) is 4.37 Å². The Labute approximate surface area is 143 Å². The van der Waals surface area contributed by atoms with E-state index in [1.807, 2.05) is 60.7 Å². The lowest BCUT2D eigenvalue weighted by atomic mass is 10.1. The van der Waals surface area contributed by atoms with Crippen LogP contribution in [-0.4, -0.2) is 10.5 Å². The minimum absolute atomic E-state index is 0.144. The van der Waals surface area contributed by atoms with Crippen LogP contribution in [0.25, 0.3) is 11.3 Å². The number of ether oxygens (including phenoxy) is 2. The first-order valence-electron chi connectivity index (χ1n) is 7.36. The van der Waals surface area contributed by atoms with Crippen LogP contribution in [0.5, 0.6) is 5.75 Å². The predicted octanol–water partition coefficient (Wildman–Crippen LogP) is 3.98. The van der Waals surface area contributed by atoms with Gasteiger partial charge in [-0.3, -0.25) is 0 Å². The molecule has 0 atom stereocenters. The summed E-state index contributed by atoms with van der Waals surface area (Å²) in [6.07, 6.45) is -0.787. The maximum absolute atomic E-state index is 10.6. The quantitative estimate of drug-likeness (QED) is 0.736. The third-order valence-electron chi connectivity index (χ3n) is 3.31. The lowest BCUT2D eigenvalue weighted by Crippen LogP contribution is -2.12. The average molecular weight is 340 g/mol. The number of primary amides is 1. The molecule has 0 fully saturated rings. The molecule has 6 heteroatoms. The first kappa shape index (κ1) is 16.0. The van der Waals surface area contributed by atoms with Gasteiger partial charge in [0.15, 0.2) is 0 Å². The molecule has 122 valence electrons. The van der Waals surface area contributed by atoms with Crippen LogP contribution in [0, 0.1) is 0 Å². The van der Waals surface area contributed by atoms with Crippen LogP contribution in [-0.2, 0) is 18.0 Å². The standard InChI is InChI=1S/C18H16N2O3S/c19-18(21)23-12-16-10-17(20-24-16)14-6-8-15(9-7-14)22-11-13-4-2-1-3-5-13/h1-10H,11-12H2,(H2,19,21). The van der Waals surface area contributed by atoms with E-state index in [-0.39, 0.29) is 6.61 Å². The summed E-state index contributed by atoms with van der Waals surface area (Å²) < 4.78 is 14.9. The highest BCUT2D eigenvalue weighted by molar-refractivity contribution is 7.06. The molecule has 0 saturated carbocycles. The van der Waals surface area contributed by atoms with Gasteiger partial charge >= 0.3 is 6.09 Å². The van der Waals surface area contributed by atoms with Gasteiger partial charge in [0.25, 0.3) is 0 Å². The minimum atomic E-state index is -0.787. The number of carbonyl (C=O) groups is 1. The number of aromatic nitrogens is 1. The molecular formula is C18H16N2O3S.